The van der Waals surface area contributed by atoms with Crippen molar-refractivity contribution < 1.29 is 0 Å². The molecule has 0 saturated carbocycles. The summed E-state index contributed by atoms with van der Waals surface area (Å²) in [6.07, 6.45) is 0. The summed E-state index contributed by atoms with van der Waals surface area (Å²) in [5.41, 5.74) is 1.24. The van der Waals surface area contributed by atoms with Crippen molar-refractivity contribution in [2.24, 2.45) is 0 Å². The van der Waals surface area contributed by atoms with Gasteiger partial charge in [-0.3, -0.25) is 4.90 Å². The topological polar surface area (TPSA) is 41.1 Å². The van der Waals surface area contributed by atoms with Gasteiger partial charge in [-0.1, -0.05) is 35.1 Å². The molecule has 2 aromatic rings. The van der Waals surface area contributed by atoms with Crippen LogP contribution in [0.15, 0.2) is 24.3 Å². The van der Waals surface area contributed by atoms with E-state index in [1.165, 1.54) is 5.56 Å². The van der Waals surface area contributed by atoms with Gasteiger partial charge >= 0.3 is 0 Å². The molecule has 0 saturated heterocycles. The summed E-state index contributed by atoms with van der Waals surface area (Å²) in [4.78, 5) is 2.21. The van der Waals surface area contributed by atoms with E-state index < -0.39 is 0 Å². The van der Waals surface area contributed by atoms with Crippen LogP contribution in [-0.4, -0.2) is 28.7 Å². The van der Waals surface area contributed by atoms with Crippen LogP contribution < -0.4 is 5.32 Å². The first-order valence-corrected chi connectivity index (χ1v) is 7.36. The predicted molar refractivity (Wildman–Crippen MR) is 80.7 cm³/mol. The third-order valence-electron chi connectivity index (χ3n) is 2.57. The van der Waals surface area contributed by atoms with Crippen molar-refractivity contribution in [1.29, 1.82) is 0 Å². The molecule has 2 rings (SSSR count). The summed E-state index contributed by atoms with van der Waals surface area (Å²) < 4.78 is 0. The highest BCUT2D eigenvalue weighted by atomic mass is 35.5. The molecule has 0 unspecified atom stereocenters. The Morgan fingerprint density at radius 3 is 2.63 bits per heavy atom. The third-order valence-corrected chi connectivity index (χ3v) is 3.68. The molecular weight excluding hydrogens is 280 g/mol. The fourth-order valence-electron chi connectivity index (χ4n) is 1.73. The number of hydrogen-bond acceptors (Lipinski definition) is 5. The molecule has 0 atom stereocenters. The highest BCUT2D eigenvalue weighted by Crippen LogP contribution is 2.17. The van der Waals surface area contributed by atoms with Gasteiger partial charge in [0.25, 0.3) is 0 Å². The first-order chi connectivity index (χ1) is 9.17. The number of halogens is 1. The molecule has 1 aromatic carbocycles. The lowest BCUT2D eigenvalue weighted by atomic mass is 10.2. The number of anilines is 1. The van der Waals surface area contributed by atoms with E-state index in [0.29, 0.717) is 0 Å². The highest BCUT2D eigenvalue weighted by molar-refractivity contribution is 7.15. The fourth-order valence-corrected chi connectivity index (χ4v) is 2.74. The number of benzene rings is 1. The van der Waals surface area contributed by atoms with E-state index in [4.69, 9.17) is 11.6 Å². The number of nitrogens with one attached hydrogen (secondary N) is 1. The van der Waals surface area contributed by atoms with Gasteiger partial charge in [0.15, 0.2) is 0 Å². The Labute approximate surface area is 122 Å². The second kappa shape index (κ2) is 6.84. The van der Waals surface area contributed by atoms with Crippen molar-refractivity contribution in [3.05, 3.63) is 39.9 Å². The van der Waals surface area contributed by atoms with Gasteiger partial charge in [-0.2, -0.15) is 0 Å². The second-order valence-corrected chi connectivity index (χ2v) is 5.83. The molecule has 4 nitrogen and oxygen atoms in total. The van der Waals surface area contributed by atoms with Crippen LogP contribution in [0.25, 0.3) is 0 Å². The largest absolute Gasteiger partial charge is 0.360 e. The Hall–Kier alpha value is -1.17. The Morgan fingerprint density at radius 1 is 1.21 bits per heavy atom. The lowest BCUT2D eigenvalue weighted by Crippen LogP contribution is -2.17. The Kier molecular flexibility index (Phi) is 5.13. The van der Waals surface area contributed by atoms with Gasteiger partial charge in [0.05, 0.1) is 6.54 Å². The molecule has 0 aliphatic rings. The molecule has 102 valence electrons. The first-order valence-electron chi connectivity index (χ1n) is 6.16. The van der Waals surface area contributed by atoms with Gasteiger partial charge in [0.2, 0.25) is 5.13 Å². The smallest absolute Gasteiger partial charge is 0.205 e. The van der Waals surface area contributed by atoms with Gasteiger partial charge < -0.3 is 5.32 Å². The third kappa shape index (κ3) is 4.45. The van der Waals surface area contributed by atoms with Crippen molar-refractivity contribution in [3.8, 4) is 0 Å². The number of rotatable bonds is 6. The summed E-state index contributed by atoms with van der Waals surface area (Å²) in [6, 6.07) is 7.92. The van der Waals surface area contributed by atoms with E-state index in [1.807, 2.05) is 31.2 Å². The van der Waals surface area contributed by atoms with Crippen LogP contribution >= 0.6 is 22.9 Å². The van der Waals surface area contributed by atoms with Gasteiger partial charge in [-0.25, -0.2) is 0 Å². The van der Waals surface area contributed by atoms with Crippen molar-refractivity contribution in [2.75, 3.05) is 18.9 Å². The number of nitrogens with zero attached hydrogens (tertiary/aromatic N) is 3. The predicted octanol–water partition coefficient (Wildman–Crippen LogP) is 3.26. The maximum absolute atomic E-state index is 5.87. The molecule has 0 bridgehead atoms. The van der Waals surface area contributed by atoms with E-state index >= 15 is 0 Å². The van der Waals surface area contributed by atoms with Crippen LogP contribution in [0.2, 0.25) is 5.02 Å². The quantitative estimate of drug-likeness (QED) is 0.888. The van der Waals surface area contributed by atoms with E-state index in [0.717, 1.165) is 34.8 Å². The SMILES string of the molecule is CCNc1nnc(CN(C)Cc2ccc(Cl)cc2)s1. The minimum absolute atomic E-state index is 0.769. The lowest BCUT2D eigenvalue weighted by Gasteiger charge is -2.14. The van der Waals surface area contributed by atoms with E-state index in [9.17, 15) is 0 Å². The molecule has 6 heteroatoms. The Bertz CT molecular complexity index is 512. The summed E-state index contributed by atoms with van der Waals surface area (Å²) >= 11 is 7.48. The summed E-state index contributed by atoms with van der Waals surface area (Å²) in [7, 11) is 2.07. The normalized spacial score (nSPS) is 10.9. The number of aromatic nitrogens is 2. The standard InChI is InChI=1S/C13H17ClN4S/c1-3-15-13-17-16-12(19-13)9-18(2)8-10-4-6-11(14)7-5-10/h4-7H,3,8-9H2,1-2H3,(H,15,17). The van der Waals surface area contributed by atoms with E-state index in [2.05, 4.69) is 27.5 Å². The molecule has 0 radical (unpaired) electrons. The maximum Gasteiger partial charge on any atom is 0.205 e. The van der Waals surface area contributed by atoms with Crippen LogP contribution in [0.4, 0.5) is 5.13 Å². The average molecular weight is 297 g/mol. The van der Waals surface area contributed by atoms with Crippen LogP contribution in [-0.2, 0) is 13.1 Å². The molecule has 1 aromatic heterocycles. The number of hydrogen-bond donors (Lipinski definition) is 1. The van der Waals surface area contributed by atoms with Crippen LogP contribution in [0, 0.1) is 0 Å². The second-order valence-electron chi connectivity index (χ2n) is 4.33. The van der Waals surface area contributed by atoms with Gasteiger partial charge in [-0.15, -0.1) is 10.2 Å². The highest BCUT2D eigenvalue weighted by Gasteiger charge is 2.07. The van der Waals surface area contributed by atoms with E-state index in [1.54, 1.807) is 11.3 Å². The minimum atomic E-state index is 0.769. The fraction of sp³-hybridized carbons (Fsp3) is 0.385. The van der Waals surface area contributed by atoms with Gasteiger partial charge in [0.1, 0.15) is 5.01 Å². The average Bonchev–Trinajstić information content (AvgIpc) is 2.80. The molecule has 0 amide bonds. The first kappa shape index (κ1) is 14.2. The van der Waals surface area contributed by atoms with Gasteiger partial charge in [0, 0.05) is 18.1 Å². The zero-order valence-corrected chi connectivity index (χ0v) is 12.6. The van der Waals surface area contributed by atoms with Crippen LogP contribution in [0.3, 0.4) is 0 Å². The molecule has 1 heterocycles. The zero-order chi connectivity index (χ0) is 13.7. The molecular formula is C13H17ClN4S. The van der Waals surface area contributed by atoms with Gasteiger partial charge in [-0.05, 0) is 31.7 Å². The molecule has 0 spiro atoms. The lowest BCUT2D eigenvalue weighted by molar-refractivity contribution is 0.317. The molecule has 0 fully saturated rings. The molecule has 1 N–H and O–H groups in total. The maximum atomic E-state index is 5.87. The Balaban J connectivity index is 1.89. The van der Waals surface area contributed by atoms with Crippen LogP contribution in [0.5, 0.6) is 0 Å². The minimum Gasteiger partial charge on any atom is -0.360 e. The van der Waals surface area contributed by atoms with Crippen molar-refractivity contribution in [1.82, 2.24) is 15.1 Å². The van der Waals surface area contributed by atoms with Crippen molar-refractivity contribution in [2.45, 2.75) is 20.0 Å². The summed E-state index contributed by atoms with van der Waals surface area (Å²) in [5, 5.41) is 14.1. The van der Waals surface area contributed by atoms with Crippen molar-refractivity contribution in [3.63, 3.8) is 0 Å². The molecule has 0 aliphatic heterocycles. The van der Waals surface area contributed by atoms with E-state index in [-0.39, 0.29) is 0 Å². The molecule has 19 heavy (non-hydrogen) atoms. The van der Waals surface area contributed by atoms with Crippen LogP contribution in [0.1, 0.15) is 17.5 Å². The Morgan fingerprint density at radius 2 is 1.95 bits per heavy atom. The van der Waals surface area contributed by atoms with Crippen molar-refractivity contribution >= 4 is 28.1 Å². The molecule has 0 aliphatic carbocycles. The zero-order valence-electron chi connectivity index (χ0n) is 11.1. The monoisotopic (exact) mass is 296 g/mol. The summed E-state index contributed by atoms with van der Waals surface area (Å²) in [5.74, 6) is 0. The summed E-state index contributed by atoms with van der Waals surface area (Å²) in [6.45, 7) is 4.59.